The van der Waals surface area contributed by atoms with Gasteiger partial charge in [-0.25, -0.2) is 4.39 Å². The Balaban J connectivity index is 2.01. The van der Waals surface area contributed by atoms with E-state index in [4.69, 9.17) is 5.73 Å². The number of nitrogens with two attached hydrogens (primary N) is 1. The molecule has 1 aromatic carbocycles. The molecule has 0 atom stereocenters. The van der Waals surface area contributed by atoms with Crippen LogP contribution in [-0.2, 0) is 6.54 Å². The maximum atomic E-state index is 13.7. The molecule has 1 heterocycles. The third kappa shape index (κ3) is 2.51. The number of hydrogen-bond donors (Lipinski definition) is 1. The van der Waals surface area contributed by atoms with Crippen molar-refractivity contribution in [3.05, 3.63) is 36.6 Å². The molecule has 1 aliphatic heterocycles. The van der Waals surface area contributed by atoms with E-state index in [-0.39, 0.29) is 11.5 Å². The maximum absolute atomic E-state index is 13.7. The number of benzene rings is 1. The first-order valence-electron chi connectivity index (χ1n) is 5.47. The Kier molecular flexibility index (Phi) is 3.41. The van der Waals surface area contributed by atoms with Crippen molar-refractivity contribution in [3.63, 3.8) is 0 Å². The van der Waals surface area contributed by atoms with E-state index in [2.05, 4.69) is 11.9 Å². The first kappa shape index (κ1) is 11.4. The molecule has 0 aromatic heterocycles. The summed E-state index contributed by atoms with van der Waals surface area (Å²) in [7, 11) is 3.88. The summed E-state index contributed by atoms with van der Waals surface area (Å²) in [6.45, 7) is 4.36. The molecule has 0 saturated carbocycles. The fourth-order valence-corrected chi connectivity index (χ4v) is 1.91. The van der Waals surface area contributed by atoms with Crippen molar-refractivity contribution >= 4 is 5.69 Å². The molecular formula is C12H17FN3. The first-order valence-corrected chi connectivity index (χ1v) is 5.47. The van der Waals surface area contributed by atoms with E-state index < -0.39 is 0 Å². The van der Waals surface area contributed by atoms with Crippen LogP contribution in [0.15, 0.2) is 18.2 Å². The Morgan fingerprint density at radius 1 is 1.25 bits per heavy atom. The molecule has 0 unspecified atom stereocenters. The molecule has 0 bridgehead atoms. The van der Waals surface area contributed by atoms with Gasteiger partial charge in [-0.1, -0.05) is 12.1 Å². The molecule has 0 aliphatic carbocycles. The Morgan fingerprint density at radius 3 is 2.62 bits per heavy atom. The highest BCUT2D eigenvalue weighted by Crippen LogP contribution is 2.17. The largest absolute Gasteiger partial charge is 0.396 e. The standard InChI is InChI=1S/C12H17FN3/c1-15-5-7-16(8-6-15)9-10-3-2-4-11(14)12(10)13/h2-4H,1,5-9,14H2. The average molecular weight is 222 g/mol. The lowest BCUT2D eigenvalue weighted by molar-refractivity contribution is 0.159. The molecule has 1 fully saturated rings. The second-order valence-corrected chi connectivity index (χ2v) is 4.21. The lowest BCUT2D eigenvalue weighted by Crippen LogP contribution is -2.43. The van der Waals surface area contributed by atoms with Crippen LogP contribution in [0.2, 0.25) is 0 Å². The molecule has 2 N–H and O–H groups in total. The maximum Gasteiger partial charge on any atom is 0.150 e. The van der Waals surface area contributed by atoms with Crippen LogP contribution in [0.25, 0.3) is 0 Å². The van der Waals surface area contributed by atoms with Crippen LogP contribution >= 0.6 is 0 Å². The minimum absolute atomic E-state index is 0.230. The first-order chi connectivity index (χ1) is 7.66. The number of piperazine rings is 1. The van der Waals surface area contributed by atoms with Crippen LogP contribution in [0.5, 0.6) is 0 Å². The van der Waals surface area contributed by atoms with E-state index in [1.807, 2.05) is 4.90 Å². The van der Waals surface area contributed by atoms with E-state index in [9.17, 15) is 4.39 Å². The molecule has 0 amide bonds. The van der Waals surface area contributed by atoms with Gasteiger partial charge in [0.25, 0.3) is 0 Å². The number of hydrogen-bond acceptors (Lipinski definition) is 3. The minimum Gasteiger partial charge on any atom is -0.396 e. The average Bonchev–Trinajstić information content (AvgIpc) is 2.28. The summed E-state index contributed by atoms with van der Waals surface area (Å²) in [5, 5.41) is 0. The molecule has 4 heteroatoms. The molecule has 2 rings (SSSR count). The highest BCUT2D eigenvalue weighted by Gasteiger charge is 2.15. The number of anilines is 1. The van der Waals surface area contributed by atoms with Gasteiger partial charge in [0, 0.05) is 45.3 Å². The zero-order chi connectivity index (χ0) is 11.5. The molecule has 1 aliphatic rings. The molecule has 16 heavy (non-hydrogen) atoms. The van der Waals surface area contributed by atoms with Crippen molar-refractivity contribution in [2.45, 2.75) is 6.54 Å². The number of rotatable bonds is 2. The molecule has 1 aromatic rings. The van der Waals surface area contributed by atoms with Gasteiger partial charge in [0.2, 0.25) is 0 Å². The second-order valence-electron chi connectivity index (χ2n) is 4.21. The van der Waals surface area contributed by atoms with E-state index in [1.165, 1.54) is 0 Å². The van der Waals surface area contributed by atoms with Gasteiger partial charge in [-0.2, -0.15) is 0 Å². The quantitative estimate of drug-likeness (QED) is 0.766. The van der Waals surface area contributed by atoms with E-state index in [0.717, 1.165) is 26.2 Å². The van der Waals surface area contributed by atoms with Crippen molar-refractivity contribution in [3.8, 4) is 0 Å². The van der Waals surface area contributed by atoms with Gasteiger partial charge >= 0.3 is 0 Å². The number of nitrogens with zero attached hydrogens (tertiary/aromatic N) is 2. The third-order valence-electron chi connectivity index (χ3n) is 2.97. The van der Waals surface area contributed by atoms with Crippen molar-refractivity contribution in [2.75, 3.05) is 31.9 Å². The summed E-state index contributed by atoms with van der Waals surface area (Å²) < 4.78 is 13.7. The Bertz CT molecular complexity index is 359. The van der Waals surface area contributed by atoms with Gasteiger partial charge in [-0.15, -0.1) is 0 Å². The Labute approximate surface area is 95.6 Å². The van der Waals surface area contributed by atoms with Gasteiger partial charge in [0.15, 0.2) is 5.82 Å². The number of nitrogen functional groups attached to an aromatic ring is 1. The predicted octanol–water partition coefficient (Wildman–Crippen LogP) is 1.32. The van der Waals surface area contributed by atoms with E-state index in [1.54, 1.807) is 18.2 Å². The fraction of sp³-hybridized carbons (Fsp3) is 0.417. The fourth-order valence-electron chi connectivity index (χ4n) is 1.91. The second kappa shape index (κ2) is 4.80. The van der Waals surface area contributed by atoms with Crippen LogP contribution in [-0.4, -0.2) is 36.0 Å². The van der Waals surface area contributed by atoms with Crippen LogP contribution in [0.4, 0.5) is 10.1 Å². The van der Waals surface area contributed by atoms with Gasteiger partial charge in [0.1, 0.15) is 0 Å². The zero-order valence-corrected chi connectivity index (χ0v) is 9.32. The Morgan fingerprint density at radius 2 is 1.94 bits per heavy atom. The monoisotopic (exact) mass is 222 g/mol. The molecule has 3 nitrogen and oxygen atoms in total. The van der Waals surface area contributed by atoms with Gasteiger partial charge < -0.3 is 5.73 Å². The normalized spacial score (nSPS) is 18.9. The topological polar surface area (TPSA) is 32.5 Å². The summed E-state index contributed by atoms with van der Waals surface area (Å²) in [4.78, 5) is 4.26. The summed E-state index contributed by atoms with van der Waals surface area (Å²) in [5.74, 6) is -0.278. The van der Waals surface area contributed by atoms with Crippen LogP contribution in [0.3, 0.4) is 0 Å². The molecule has 87 valence electrons. The van der Waals surface area contributed by atoms with Gasteiger partial charge in [0.05, 0.1) is 5.69 Å². The Hall–Kier alpha value is -1.13. The SMILES string of the molecule is [CH2]N1CCN(Cc2cccc(N)c2F)CC1. The van der Waals surface area contributed by atoms with Crippen molar-refractivity contribution in [1.29, 1.82) is 0 Å². The van der Waals surface area contributed by atoms with E-state index >= 15 is 0 Å². The summed E-state index contributed by atoms with van der Waals surface area (Å²) in [5.41, 5.74) is 6.44. The van der Waals surface area contributed by atoms with Gasteiger partial charge in [-0.3, -0.25) is 9.80 Å². The zero-order valence-electron chi connectivity index (χ0n) is 9.32. The third-order valence-corrected chi connectivity index (χ3v) is 2.97. The molecular weight excluding hydrogens is 205 g/mol. The van der Waals surface area contributed by atoms with Crippen molar-refractivity contribution in [2.24, 2.45) is 0 Å². The lowest BCUT2D eigenvalue weighted by atomic mass is 10.1. The summed E-state index contributed by atoms with van der Waals surface area (Å²) in [6.07, 6.45) is 0. The number of halogens is 1. The van der Waals surface area contributed by atoms with Gasteiger partial charge in [-0.05, 0) is 6.07 Å². The minimum atomic E-state index is -0.278. The summed E-state index contributed by atoms with van der Waals surface area (Å²) in [6, 6.07) is 5.18. The molecule has 0 spiro atoms. The smallest absolute Gasteiger partial charge is 0.150 e. The van der Waals surface area contributed by atoms with Crippen molar-refractivity contribution < 1.29 is 4.39 Å². The lowest BCUT2D eigenvalue weighted by Gasteiger charge is -2.32. The van der Waals surface area contributed by atoms with Crippen LogP contribution in [0, 0.1) is 12.9 Å². The predicted molar refractivity (Wildman–Crippen MR) is 63.0 cm³/mol. The van der Waals surface area contributed by atoms with Crippen molar-refractivity contribution in [1.82, 2.24) is 9.80 Å². The van der Waals surface area contributed by atoms with Crippen LogP contribution in [0.1, 0.15) is 5.56 Å². The molecule has 1 saturated heterocycles. The highest BCUT2D eigenvalue weighted by molar-refractivity contribution is 5.42. The summed E-state index contributed by atoms with van der Waals surface area (Å²) >= 11 is 0. The van der Waals surface area contributed by atoms with Crippen LogP contribution < -0.4 is 5.73 Å². The highest BCUT2D eigenvalue weighted by atomic mass is 19.1. The van der Waals surface area contributed by atoms with E-state index in [0.29, 0.717) is 12.1 Å². The molecule has 1 radical (unpaired) electrons.